The number of aliphatic carboxylic acids is 1. The quantitative estimate of drug-likeness (QED) is 0.239. The predicted octanol–water partition coefficient (Wildman–Crippen LogP) is 6.25. The van der Waals surface area contributed by atoms with Crippen molar-refractivity contribution in [3.8, 4) is 0 Å². The Kier molecular flexibility index (Phi) is 11.1. The van der Waals surface area contributed by atoms with E-state index >= 15 is 0 Å². The number of halogens is 1. The SMILES string of the molecule is CCc1cnc(N(CCc2csc(SC(C)(C)C(=O)O)n2)Cc2ccc(NC(=O)C3CCCC3)cc2)nc1.Cl. The molecule has 1 aromatic carbocycles. The number of thioether (sulfide) groups is 1. The first-order valence-corrected chi connectivity index (χ1v) is 14.8. The highest BCUT2D eigenvalue weighted by Gasteiger charge is 2.30. The standard InChI is InChI=1S/C28H35N5O3S2.ClH/c1-4-19-15-29-26(30-16-19)33(14-13-23-18-37-27(32-23)38-28(2,3)25(35)36)17-20-9-11-22(12-10-20)31-24(34)21-7-5-6-8-21;/h9-12,15-16,18,21H,4-8,13-14,17H2,1-3H3,(H,31,34)(H,35,36);1H. The van der Waals surface area contributed by atoms with E-state index in [-0.39, 0.29) is 24.2 Å². The molecule has 0 bridgehead atoms. The second-order valence-electron chi connectivity index (χ2n) is 10.1. The average Bonchev–Trinajstić information content (AvgIpc) is 3.60. The van der Waals surface area contributed by atoms with Crippen LogP contribution >= 0.6 is 35.5 Å². The number of rotatable bonds is 12. The molecule has 1 amide bonds. The Morgan fingerprint density at radius 1 is 1.13 bits per heavy atom. The van der Waals surface area contributed by atoms with Crippen molar-refractivity contribution in [1.82, 2.24) is 15.0 Å². The maximum Gasteiger partial charge on any atom is 0.319 e. The second-order valence-corrected chi connectivity index (χ2v) is 12.8. The number of thiazole rings is 1. The van der Waals surface area contributed by atoms with Gasteiger partial charge in [-0.25, -0.2) is 15.0 Å². The van der Waals surface area contributed by atoms with Gasteiger partial charge in [-0.3, -0.25) is 9.59 Å². The monoisotopic (exact) mass is 589 g/mol. The molecule has 0 spiro atoms. The molecule has 8 nitrogen and oxygen atoms in total. The fourth-order valence-corrected chi connectivity index (χ4v) is 6.48. The molecule has 4 rings (SSSR count). The van der Waals surface area contributed by atoms with Gasteiger partial charge in [0, 0.05) is 48.9 Å². The summed E-state index contributed by atoms with van der Waals surface area (Å²) in [7, 11) is 0. The number of anilines is 2. The van der Waals surface area contributed by atoms with E-state index in [0.717, 1.165) is 59.0 Å². The van der Waals surface area contributed by atoms with E-state index in [9.17, 15) is 14.7 Å². The number of carbonyl (C=O) groups is 2. The number of nitrogens with zero attached hydrogens (tertiary/aromatic N) is 4. The molecule has 0 radical (unpaired) electrons. The summed E-state index contributed by atoms with van der Waals surface area (Å²) < 4.78 is -0.184. The summed E-state index contributed by atoms with van der Waals surface area (Å²) in [5.74, 6) is 0.0435. The van der Waals surface area contributed by atoms with Crippen molar-refractivity contribution in [3.63, 3.8) is 0 Å². The Morgan fingerprint density at radius 3 is 2.41 bits per heavy atom. The number of carbonyl (C=O) groups excluding carboxylic acids is 1. The third-order valence-corrected chi connectivity index (χ3v) is 8.90. The second kappa shape index (κ2) is 14.1. The van der Waals surface area contributed by atoms with Gasteiger partial charge in [0.1, 0.15) is 4.75 Å². The van der Waals surface area contributed by atoms with Gasteiger partial charge in [0.05, 0.1) is 5.69 Å². The number of nitrogens with one attached hydrogen (secondary N) is 1. The maximum absolute atomic E-state index is 12.5. The van der Waals surface area contributed by atoms with E-state index in [0.29, 0.717) is 25.5 Å². The fourth-order valence-electron chi connectivity index (χ4n) is 4.25. The van der Waals surface area contributed by atoms with E-state index in [4.69, 9.17) is 0 Å². The van der Waals surface area contributed by atoms with Crippen LogP contribution in [0.3, 0.4) is 0 Å². The number of hydrogen-bond donors (Lipinski definition) is 2. The van der Waals surface area contributed by atoms with E-state index < -0.39 is 10.7 Å². The Hall–Kier alpha value is -2.69. The molecule has 11 heteroatoms. The highest BCUT2D eigenvalue weighted by atomic mass is 35.5. The first-order valence-electron chi connectivity index (χ1n) is 13.1. The van der Waals surface area contributed by atoms with Gasteiger partial charge in [0.2, 0.25) is 11.9 Å². The van der Waals surface area contributed by atoms with Crippen molar-refractivity contribution >= 4 is 59.0 Å². The average molecular weight is 590 g/mol. The molecule has 2 N–H and O–H groups in total. The normalized spacial score (nSPS) is 13.6. The Morgan fingerprint density at radius 2 is 1.79 bits per heavy atom. The van der Waals surface area contributed by atoms with Crippen LogP contribution in [0.1, 0.15) is 63.3 Å². The van der Waals surface area contributed by atoms with Gasteiger partial charge in [-0.05, 0) is 56.4 Å². The van der Waals surface area contributed by atoms with Crippen LogP contribution in [0, 0.1) is 5.92 Å². The van der Waals surface area contributed by atoms with Gasteiger partial charge in [0.15, 0.2) is 4.34 Å². The van der Waals surface area contributed by atoms with Crippen molar-refractivity contribution in [3.05, 3.63) is 58.9 Å². The molecule has 0 unspecified atom stereocenters. The van der Waals surface area contributed by atoms with Crippen molar-refractivity contribution in [2.24, 2.45) is 5.92 Å². The minimum absolute atomic E-state index is 0. The minimum atomic E-state index is -0.932. The molecule has 0 atom stereocenters. The third kappa shape index (κ3) is 8.65. The summed E-state index contributed by atoms with van der Waals surface area (Å²) in [5.41, 5.74) is 3.90. The van der Waals surface area contributed by atoms with Crippen LogP contribution in [-0.4, -0.2) is 43.2 Å². The number of benzene rings is 1. The van der Waals surface area contributed by atoms with Crippen LogP contribution in [0.25, 0.3) is 0 Å². The summed E-state index contributed by atoms with van der Waals surface area (Å²) in [6, 6.07) is 7.97. The fraction of sp³-hybridized carbons (Fsp3) is 0.464. The molecular formula is C28H36ClN5O3S2. The van der Waals surface area contributed by atoms with Crippen LogP contribution in [0.15, 0.2) is 46.4 Å². The van der Waals surface area contributed by atoms with Crippen LogP contribution in [0.4, 0.5) is 11.6 Å². The zero-order valence-electron chi connectivity index (χ0n) is 22.6. The van der Waals surface area contributed by atoms with Gasteiger partial charge in [-0.2, -0.15) is 0 Å². The molecule has 3 aromatic rings. The highest BCUT2D eigenvalue weighted by molar-refractivity contribution is 8.03. The molecule has 210 valence electrons. The van der Waals surface area contributed by atoms with Crippen molar-refractivity contribution in [2.75, 3.05) is 16.8 Å². The molecule has 1 fully saturated rings. The van der Waals surface area contributed by atoms with E-state index in [1.165, 1.54) is 23.1 Å². The Balaban J connectivity index is 0.00000420. The molecule has 1 saturated carbocycles. The van der Waals surface area contributed by atoms with Gasteiger partial charge in [-0.1, -0.05) is 43.7 Å². The van der Waals surface area contributed by atoms with Gasteiger partial charge in [0.25, 0.3) is 0 Å². The minimum Gasteiger partial charge on any atom is -0.480 e. The van der Waals surface area contributed by atoms with Crippen molar-refractivity contribution in [2.45, 2.75) is 74.9 Å². The largest absolute Gasteiger partial charge is 0.480 e. The molecular weight excluding hydrogens is 554 g/mol. The molecule has 2 heterocycles. The summed E-state index contributed by atoms with van der Waals surface area (Å²) >= 11 is 2.73. The Labute approximate surface area is 244 Å². The lowest BCUT2D eigenvalue weighted by Crippen LogP contribution is -2.27. The molecule has 2 aromatic heterocycles. The van der Waals surface area contributed by atoms with Crippen molar-refractivity contribution in [1.29, 1.82) is 0 Å². The maximum atomic E-state index is 12.5. The molecule has 1 aliphatic carbocycles. The molecule has 0 aliphatic heterocycles. The number of carboxylic acids is 1. The molecule has 39 heavy (non-hydrogen) atoms. The van der Waals surface area contributed by atoms with E-state index in [2.05, 4.69) is 32.1 Å². The van der Waals surface area contributed by atoms with E-state index in [1.54, 1.807) is 13.8 Å². The first kappa shape index (κ1) is 30.8. The number of hydrogen-bond acceptors (Lipinski definition) is 8. The summed E-state index contributed by atoms with van der Waals surface area (Å²) in [5, 5.41) is 14.5. The van der Waals surface area contributed by atoms with Crippen LogP contribution in [-0.2, 0) is 29.0 Å². The number of carboxylic acid groups (broad SMARTS) is 1. The van der Waals surface area contributed by atoms with Gasteiger partial charge < -0.3 is 15.3 Å². The lowest BCUT2D eigenvalue weighted by Gasteiger charge is -2.23. The summed E-state index contributed by atoms with van der Waals surface area (Å²) in [6.07, 6.45) is 9.51. The summed E-state index contributed by atoms with van der Waals surface area (Å²) in [6.45, 7) is 6.71. The number of aromatic nitrogens is 3. The Bertz CT molecular complexity index is 1230. The highest BCUT2D eigenvalue weighted by Crippen LogP contribution is 2.35. The third-order valence-electron chi connectivity index (χ3n) is 6.73. The first-order chi connectivity index (χ1) is 18.2. The zero-order valence-corrected chi connectivity index (χ0v) is 25.0. The topological polar surface area (TPSA) is 108 Å². The number of aryl methyl sites for hydroxylation is 1. The lowest BCUT2D eigenvalue weighted by molar-refractivity contribution is -0.138. The van der Waals surface area contributed by atoms with Crippen molar-refractivity contribution < 1.29 is 14.7 Å². The van der Waals surface area contributed by atoms with Crippen LogP contribution in [0.2, 0.25) is 0 Å². The van der Waals surface area contributed by atoms with Gasteiger partial charge in [-0.15, -0.1) is 23.7 Å². The number of amides is 1. The smallest absolute Gasteiger partial charge is 0.319 e. The lowest BCUT2D eigenvalue weighted by atomic mass is 10.1. The predicted molar refractivity (Wildman–Crippen MR) is 160 cm³/mol. The zero-order chi connectivity index (χ0) is 27.1. The van der Waals surface area contributed by atoms with Crippen LogP contribution in [0.5, 0.6) is 0 Å². The summed E-state index contributed by atoms with van der Waals surface area (Å²) in [4.78, 5) is 39.9. The van der Waals surface area contributed by atoms with E-state index in [1.807, 2.05) is 42.0 Å². The van der Waals surface area contributed by atoms with Crippen LogP contribution < -0.4 is 10.2 Å². The van der Waals surface area contributed by atoms with Gasteiger partial charge >= 0.3 is 5.97 Å². The molecule has 0 saturated heterocycles. The molecule has 1 aliphatic rings.